The number of methoxy groups -OCH3 is 1. The van der Waals surface area contributed by atoms with Gasteiger partial charge in [0.15, 0.2) is 11.5 Å². The van der Waals surface area contributed by atoms with Gasteiger partial charge in [0.1, 0.15) is 6.61 Å². The summed E-state index contributed by atoms with van der Waals surface area (Å²) in [6.07, 6.45) is 4.22. The minimum Gasteiger partial charge on any atom is -0.493 e. The van der Waals surface area contributed by atoms with Gasteiger partial charge in [0.05, 0.1) is 12.8 Å². The first-order chi connectivity index (χ1) is 13.2. The van der Waals surface area contributed by atoms with Crippen molar-refractivity contribution in [3.05, 3.63) is 82.6 Å². The van der Waals surface area contributed by atoms with Crippen molar-refractivity contribution in [3.63, 3.8) is 0 Å². The number of rotatable bonds is 8. The van der Waals surface area contributed by atoms with Crippen LogP contribution in [0, 0.1) is 0 Å². The van der Waals surface area contributed by atoms with Crippen molar-refractivity contribution in [2.75, 3.05) is 18.7 Å². The predicted octanol–water partition coefficient (Wildman–Crippen LogP) is 4.35. The van der Waals surface area contributed by atoms with Gasteiger partial charge >= 0.3 is 0 Å². The molecule has 0 saturated heterocycles. The van der Waals surface area contributed by atoms with Crippen LogP contribution < -0.4 is 20.3 Å². The second kappa shape index (κ2) is 9.39. The minimum atomic E-state index is 0.488. The van der Waals surface area contributed by atoms with Crippen LogP contribution in [0.15, 0.2) is 71.5 Å². The summed E-state index contributed by atoms with van der Waals surface area (Å²) in [7, 11) is 1.65. The van der Waals surface area contributed by atoms with Crippen LogP contribution in [0.3, 0.4) is 0 Å². The highest BCUT2D eigenvalue weighted by atomic mass is 79.9. The number of aromatic nitrogens is 1. The largest absolute Gasteiger partial charge is 0.493 e. The van der Waals surface area contributed by atoms with Crippen LogP contribution in [-0.4, -0.2) is 18.6 Å². The van der Waals surface area contributed by atoms with E-state index in [9.17, 15) is 0 Å². The van der Waals surface area contributed by atoms with Crippen LogP contribution in [-0.2, 0) is 13.0 Å². The minimum absolute atomic E-state index is 0.488. The third kappa shape index (κ3) is 5.21. The Bertz CT molecular complexity index is 860. The topological polar surface area (TPSA) is 60.6 Å². The summed E-state index contributed by atoms with van der Waals surface area (Å²) >= 11 is 3.64. The second-order valence-electron chi connectivity index (χ2n) is 6.02. The first-order valence-electron chi connectivity index (χ1n) is 8.63. The molecule has 27 heavy (non-hydrogen) atoms. The fourth-order valence-corrected chi connectivity index (χ4v) is 3.20. The van der Waals surface area contributed by atoms with Crippen molar-refractivity contribution in [2.45, 2.75) is 13.0 Å². The van der Waals surface area contributed by atoms with Crippen molar-refractivity contribution in [1.82, 2.24) is 4.98 Å². The third-order valence-electron chi connectivity index (χ3n) is 4.19. The first kappa shape index (κ1) is 19.2. The molecule has 0 spiro atoms. The van der Waals surface area contributed by atoms with Crippen molar-refractivity contribution in [1.29, 1.82) is 0 Å². The zero-order valence-electron chi connectivity index (χ0n) is 15.1. The highest BCUT2D eigenvalue weighted by Gasteiger charge is 2.12. The summed E-state index contributed by atoms with van der Waals surface area (Å²) in [5.74, 6) is 7.55. The van der Waals surface area contributed by atoms with Gasteiger partial charge in [-0.05, 0) is 41.8 Å². The lowest BCUT2D eigenvalue weighted by molar-refractivity contribution is 0.284. The van der Waals surface area contributed by atoms with E-state index in [4.69, 9.17) is 15.3 Å². The zero-order chi connectivity index (χ0) is 19.1. The molecule has 3 aromatic rings. The summed E-state index contributed by atoms with van der Waals surface area (Å²) in [5.41, 5.74) is 3.13. The van der Waals surface area contributed by atoms with E-state index in [2.05, 4.69) is 20.9 Å². The number of ether oxygens (including phenoxy) is 2. The SMILES string of the molecule is COc1cc(CCN(N)c2ccncc2)c(Br)cc1OCc1ccccc1. The Labute approximate surface area is 167 Å². The molecule has 6 heteroatoms. The number of anilines is 1. The highest BCUT2D eigenvalue weighted by Crippen LogP contribution is 2.34. The molecule has 0 radical (unpaired) electrons. The maximum absolute atomic E-state index is 6.14. The number of hydrogen-bond donors (Lipinski definition) is 1. The number of nitrogens with zero attached hydrogens (tertiary/aromatic N) is 2. The van der Waals surface area contributed by atoms with Crippen LogP contribution in [0.2, 0.25) is 0 Å². The zero-order valence-corrected chi connectivity index (χ0v) is 16.7. The molecule has 0 unspecified atom stereocenters. The smallest absolute Gasteiger partial charge is 0.162 e. The summed E-state index contributed by atoms with van der Waals surface area (Å²) in [5, 5.41) is 1.71. The van der Waals surface area contributed by atoms with Gasteiger partial charge in [-0.15, -0.1) is 0 Å². The molecule has 5 nitrogen and oxygen atoms in total. The molecule has 1 heterocycles. The molecular weight excluding hydrogens is 406 g/mol. The van der Waals surface area contributed by atoms with Crippen LogP contribution in [0.25, 0.3) is 0 Å². The molecule has 0 bridgehead atoms. The maximum Gasteiger partial charge on any atom is 0.162 e. The fourth-order valence-electron chi connectivity index (χ4n) is 2.68. The number of hydrogen-bond acceptors (Lipinski definition) is 5. The number of pyridine rings is 1. The summed E-state index contributed by atoms with van der Waals surface area (Å²) < 4.78 is 12.4. The van der Waals surface area contributed by atoms with Crippen molar-refractivity contribution in [2.24, 2.45) is 5.84 Å². The molecule has 0 saturated carbocycles. The monoisotopic (exact) mass is 427 g/mol. The Kier molecular flexibility index (Phi) is 6.68. The van der Waals surface area contributed by atoms with E-state index in [0.29, 0.717) is 24.7 Å². The Balaban J connectivity index is 1.68. The van der Waals surface area contributed by atoms with E-state index in [1.165, 1.54) is 0 Å². The molecule has 2 N–H and O–H groups in total. The average molecular weight is 428 g/mol. The first-order valence-corrected chi connectivity index (χ1v) is 9.42. The van der Waals surface area contributed by atoms with E-state index >= 15 is 0 Å². The second-order valence-corrected chi connectivity index (χ2v) is 6.87. The number of hydrazine groups is 1. The van der Waals surface area contributed by atoms with E-state index in [1.54, 1.807) is 24.5 Å². The Morgan fingerprint density at radius 1 is 1.04 bits per heavy atom. The van der Waals surface area contributed by atoms with Gasteiger partial charge in [-0.2, -0.15) is 0 Å². The normalized spacial score (nSPS) is 10.5. The Morgan fingerprint density at radius 3 is 2.48 bits per heavy atom. The van der Waals surface area contributed by atoms with Gasteiger partial charge in [0, 0.05) is 23.4 Å². The molecular formula is C21H22BrN3O2. The Hall–Kier alpha value is -2.57. The summed E-state index contributed by atoms with van der Waals surface area (Å²) in [6.45, 7) is 1.15. The molecule has 0 aliphatic carbocycles. The number of nitrogens with two attached hydrogens (primary N) is 1. The van der Waals surface area contributed by atoms with E-state index in [0.717, 1.165) is 27.7 Å². The summed E-state index contributed by atoms with van der Waals surface area (Å²) in [4.78, 5) is 4.01. The lowest BCUT2D eigenvalue weighted by Crippen LogP contribution is -2.32. The Morgan fingerprint density at radius 2 is 1.78 bits per heavy atom. The van der Waals surface area contributed by atoms with Gasteiger partial charge < -0.3 is 14.5 Å². The number of benzene rings is 2. The van der Waals surface area contributed by atoms with E-state index < -0.39 is 0 Å². The van der Waals surface area contributed by atoms with Crippen LogP contribution in [0.1, 0.15) is 11.1 Å². The molecule has 0 aliphatic rings. The van der Waals surface area contributed by atoms with Gasteiger partial charge in [0.2, 0.25) is 0 Å². The molecule has 0 amide bonds. The van der Waals surface area contributed by atoms with E-state index in [-0.39, 0.29) is 0 Å². The molecule has 0 fully saturated rings. The lowest BCUT2D eigenvalue weighted by Gasteiger charge is -2.19. The number of halogens is 1. The summed E-state index contributed by atoms with van der Waals surface area (Å²) in [6, 6.07) is 17.8. The predicted molar refractivity (Wildman–Crippen MR) is 111 cm³/mol. The van der Waals surface area contributed by atoms with Gasteiger partial charge in [0.25, 0.3) is 0 Å². The molecule has 0 atom stereocenters. The quantitative estimate of drug-likeness (QED) is 0.427. The van der Waals surface area contributed by atoms with Gasteiger partial charge in [-0.1, -0.05) is 46.3 Å². The average Bonchev–Trinajstić information content (AvgIpc) is 2.72. The molecule has 140 valence electrons. The third-order valence-corrected chi connectivity index (χ3v) is 4.92. The van der Waals surface area contributed by atoms with E-state index in [1.807, 2.05) is 54.6 Å². The molecule has 3 rings (SSSR count). The molecule has 2 aromatic carbocycles. The highest BCUT2D eigenvalue weighted by molar-refractivity contribution is 9.10. The maximum atomic E-state index is 6.14. The lowest BCUT2D eigenvalue weighted by atomic mass is 10.1. The van der Waals surface area contributed by atoms with Crippen molar-refractivity contribution >= 4 is 21.6 Å². The van der Waals surface area contributed by atoms with Crippen LogP contribution in [0.4, 0.5) is 5.69 Å². The fraction of sp³-hybridized carbons (Fsp3) is 0.190. The van der Waals surface area contributed by atoms with Crippen molar-refractivity contribution < 1.29 is 9.47 Å². The van der Waals surface area contributed by atoms with Crippen LogP contribution in [0.5, 0.6) is 11.5 Å². The molecule has 1 aromatic heterocycles. The molecule has 0 aliphatic heterocycles. The van der Waals surface area contributed by atoms with Gasteiger partial charge in [-0.3, -0.25) is 4.98 Å². The van der Waals surface area contributed by atoms with Crippen molar-refractivity contribution in [3.8, 4) is 11.5 Å². The van der Waals surface area contributed by atoms with Gasteiger partial charge in [-0.25, -0.2) is 5.84 Å². The standard InChI is InChI=1S/C21H22BrN3O2/c1-26-20-13-17(9-12-25(23)18-7-10-24-11-8-18)19(22)14-21(20)27-15-16-5-3-2-4-6-16/h2-8,10-11,13-14H,9,12,15,23H2,1H3. The van der Waals surface area contributed by atoms with Crippen LogP contribution >= 0.6 is 15.9 Å².